The van der Waals surface area contributed by atoms with Gasteiger partial charge in [-0.3, -0.25) is 9.69 Å². The Bertz CT molecular complexity index is 1200. The highest BCUT2D eigenvalue weighted by Crippen LogP contribution is 2.37. The lowest BCUT2D eigenvalue weighted by Crippen LogP contribution is -2.27. The zero-order valence-corrected chi connectivity index (χ0v) is 20.2. The van der Waals surface area contributed by atoms with Crippen LogP contribution in [0.15, 0.2) is 59.6 Å². The summed E-state index contributed by atoms with van der Waals surface area (Å²) in [6.07, 6.45) is 9.05. The largest absolute Gasteiger partial charge is 0.280 e. The molecule has 0 radical (unpaired) electrons. The predicted octanol–water partition coefficient (Wildman–Crippen LogP) is 6.56. The van der Waals surface area contributed by atoms with Crippen LogP contribution in [0.25, 0.3) is 0 Å². The predicted molar refractivity (Wildman–Crippen MR) is 138 cm³/mol. The summed E-state index contributed by atoms with van der Waals surface area (Å²) in [5.41, 5.74) is 7.39. The average Bonchev–Trinajstić information content (AvgIpc) is 3.01. The number of fused-ring (bicyclic) bond motifs is 3. The molecule has 5 heteroatoms. The Hall–Kier alpha value is -3.10. The van der Waals surface area contributed by atoms with Crippen LogP contribution in [0.2, 0.25) is 0 Å². The van der Waals surface area contributed by atoms with Crippen LogP contribution in [0.1, 0.15) is 60.1 Å². The molecule has 0 atom stereocenters. The third-order valence-corrected chi connectivity index (χ3v) is 7.81. The van der Waals surface area contributed by atoms with E-state index >= 15 is 0 Å². The van der Waals surface area contributed by atoms with Crippen LogP contribution in [0, 0.1) is 11.3 Å². The van der Waals surface area contributed by atoms with Crippen molar-refractivity contribution < 1.29 is 4.79 Å². The number of pyridine rings is 1. The van der Waals surface area contributed by atoms with Crippen molar-refractivity contribution in [2.75, 3.05) is 10.7 Å². The minimum absolute atomic E-state index is 0.0825. The second-order valence-corrected chi connectivity index (χ2v) is 10.1. The molecule has 1 aliphatic heterocycles. The Labute approximate surface area is 206 Å². The van der Waals surface area contributed by atoms with Gasteiger partial charge in [-0.05, 0) is 73.4 Å². The SMILES string of the molecule is N#Cc1cc2c(nc1SCCC(=O)N1c3ccccc3CCc3ccccc31)CCCCCC2. The Morgan fingerprint density at radius 3 is 2.21 bits per heavy atom. The normalized spacial score (nSPS) is 15.1. The highest BCUT2D eigenvalue weighted by Gasteiger charge is 2.25. The fraction of sp³-hybridized carbons (Fsp3) is 0.345. The average molecular weight is 468 g/mol. The monoisotopic (exact) mass is 467 g/mol. The van der Waals surface area contributed by atoms with Crippen molar-refractivity contribution in [3.63, 3.8) is 0 Å². The maximum absolute atomic E-state index is 13.6. The smallest absolute Gasteiger partial charge is 0.232 e. The number of rotatable bonds is 4. The van der Waals surface area contributed by atoms with Gasteiger partial charge in [-0.2, -0.15) is 5.26 Å². The Balaban J connectivity index is 1.36. The summed E-state index contributed by atoms with van der Waals surface area (Å²) < 4.78 is 0. The van der Waals surface area contributed by atoms with Crippen LogP contribution in [0.5, 0.6) is 0 Å². The molecule has 0 unspecified atom stereocenters. The molecule has 0 saturated heterocycles. The number of nitrogens with zero attached hydrogens (tertiary/aromatic N) is 3. The molecule has 172 valence electrons. The molecule has 0 spiro atoms. The second kappa shape index (κ2) is 10.4. The third-order valence-electron chi connectivity index (χ3n) is 6.82. The first-order valence-electron chi connectivity index (χ1n) is 12.3. The topological polar surface area (TPSA) is 57.0 Å². The number of nitriles is 1. The Kier molecular flexibility index (Phi) is 6.97. The molecule has 2 heterocycles. The van der Waals surface area contributed by atoms with Crippen molar-refractivity contribution in [1.29, 1.82) is 5.26 Å². The van der Waals surface area contributed by atoms with Crippen molar-refractivity contribution in [2.24, 2.45) is 0 Å². The zero-order chi connectivity index (χ0) is 23.3. The lowest BCUT2D eigenvalue weighted by molar-refractivity contribution is -0.117. The third kappa shape index (κ3) is 4.74. The number of carbonyl (C=O) groups excluding carboxylic acids is 1. The van der Waals surface area contributed by atoms with E-state index in [1.807, 2.05) is 47.4 Å². The van der Waals surface area contributed by atoms with Crippen LogP contribution < -0.4 is 4.90 Å². The fourth-order valence-electron chi connectivity index (χ4n) is 5.05. The number of hydrogen-bond donors (Lipinski definition) is 0. The Morgan fingerprint density at radius 1 is 0.882 bits per heavy atom. The van der Waals surface area contributed by atoms with Gasteiger partial charge in [0.1, 0.15) is 11.1 Å². The van der Waals surface area contributed by atoms with Gasteiger partial charge in [0.25, 0.3) is 0 Å². The summed E-state index contributed by atoms with van der Waals surface area (Å²) in [7, 11) is 0. The molecule has 4 nitrogen and oxygen atoms in total. The van der Waals surface area contributed by atoms with E-state index in [1.165, 1.54) is 47.7 Å². The van der Waals surface area contributed by atoms with Crippen molar-refractivity contribution in [3.8, 4) is 6.07 Å². The summed E-state index contributed by atoms with van der Waals surface area (Å²) in [6, 6.07) is 20.8. The van der Waals surface area contributed by atoms with E-state index in [9.17, 15) is 10.1 Å². The van der Waals surface area contributed by atoms with E-state index in [4.69, 9.17) is 4.98 Å². The molecule has 3 aromatic rings. The molecule has 5 rings (SSSR count). The summed E-state index contributed by atoms with van der Waals surface area (Å²) in [4.78, 5) is 20.4. The summed E-state index contributed by atoms with van der Waals surface area (Å²) in [5.74, 6) is 0.680. The molecule has 34 heavy (non-hydrogen) atoms. The molecule has 0 fully saturated rings. The lowest BCUT2D eigenvalue weighted by atomic mass is 9.96. The molecular formula is C29H29N3OS. The van der Waals surface area contributed by atoms with Gasteiger partial charge in [0.15, 0.2) is 0 Å². The van der Waals surface area contributed by atoms with Crippen molar-refractivity contribution >= 4 is 29.0 Å². The number of thioether (sulfide) groups is 1. The first-order valence-corrected chi connectivity index (χ1v) is 13.3. The number of anilines is 2. The highest BCUT2D eigenvalue weighted by molar-refractivity contribution is 7.99. The first kappa shape index (κ1) is 22.7. The number of carbonyl (C=O) groups is 1. The van der Waals surface area contributed by atoms with Gasteiger partial charge in [0.05, 0.1) is 16.9 Å². The molecule has 2 aliphatic rings. The van der Waals surface area contributed by atoms with E-state index < -0.39 is 0 Å². The number of benzene rings is 2. The highest BCUT2D eigenvalue weighted by atomic mass is 32.2. The van der Waals surface area contributed by atoms with Crippen LogP contribution in [-0.4, -0.2) is 16.6 Å². The van der Waals surface area contributed by atoms with Gasteiger partial charge in [0.2, 0.25) is 5.91 Å². The number of para-hydroxylation sites is 2. The van der Waals surface area contributed by atoms with Crippen LogP contribution in [0.3, 0.4) is 0 Å². The maximum Gasteiger partial charge on any atom is 0.232 e. The number of aryl methyl sites for hydroxylation is 4. The van der Waals surface area contributed by atoms with Crippen LogP contribution >= 0.6 is 11.8 Å². The molecule has 1 amide bonds. The van der Waals surface area contributed by atoms with E-state index in [2.05, 4.69) is 18.2 Å². The van der Waals surface area contributed by atoms with Gasteiger partial charge in [-0.15, -0.1) is 11.8 Å². The molecule has 1 aliphatic carbocycles. The van der Waals surface area contributed by atoms with Gasteiger partial charge in [0, 0.05) is 17.9 Å². The quantitative estimate of drug-likeness (QED) is 0.408. The second-order valence-electron chi connectivity index (χ2n) is 9.06. The van der Waals surface area contributed by atoms with Crippen molar-refractivity contribution in [2.45, 2.75) is 62.8 Å². The fourth-order valence-corrected chi connectivity index (χ4v) is 5.96. The van der Waals surface area contributed by atoms with E-state index in [-0.39, 0.29) is 5.91 Å². The number of aromatic nitrogens is 1. The van der Waals surface area contributed by atoms with Gasteiger partial charge in [-0.1, -0.05) is 49.2 Å². The Morgan fingerprint density at radius 2 is 1.53 bits per heavy atom. The molecule has 0 saturated carbocycles. The van der Waals surface area contributed by atoms with E-state index in [0.717, 1.165) is 54.2 Å². The van der Waals surface area contributed by atoms with Gasteiger partial charge >= 0.3 is 0 Å². The summed E-state index contributed by atoms with van der Waals surface area (Å²) in [5, 5.41) is 10.5. The zero-order valence-electron chi connectivity index (χ0n) is 19.4. The lowest BCUT2D eigenvalue weighted by Gasteiger charge is -2.25. The van der Waals surface area contributed by atoms with E-state index in [0.29, 0.717) is 17.7 Å². The molecule has 2 aromatic carbocycles. The maximum atomic E-state index is 13.6. The first-order chi connectivity index (χ1) is 16.7. The van der Waals surface area contributed by atoms with Gasteiger partial charge in [-0.25, -0.2) is 4.98 Å². The number of amides is 1. The summed E-state index contributed by atoms with van der Waals surface area (Å²) in [6.45, 7) is 0. The van der Waals surface area contributed by atoms with Crippen molar-refractivity contribution in [3.05, 3.63) is 82.5 Å². The molecule has 0 bridgehead atoms. The minimum atomic E-state index is 0.0825. The summed E-state index contributed by atoms with van der Waals surface area (Å²) >= 11 is 1.54. The minimum Gasteiger partial charge on any atom is -0.280 e. The molecule has 1 aromatic heterocycles. The number of hydrogen-bond acceptors (Lipinski definition) is 4. The van der Waals surface area contributed by atoms with Crippen molar-refractivity contribution in [1.82, 2.24) is 4.98 Å². The van der Waals surface area contributed by atoms with E-state index in [1.54, 1.807) is 0 Å². The standard InChI is InChI=1S/C29H29N3OS/c30-20-24-19-23-11-3-1-2-4-12-25(23)31-29(24)34-18-17-28(33)32-26-13-7-5-9-21(26)15-16-22-10-6-8-14-27(22)32/h5-10,13-14,19H,1-4,11-12,15-18H2. The van der Waals surface area contributed by atoms with Crippen LogP contribution in [0.4, 0.5) is 11.4 Å². The van der Waals surface area contributed by atoms with Crippen LogP contribution in [-0.2, 0) is 30.5 Å². The molecule has 0 N–H and O–H groups in total. The van der Waals surface area contributed by atoms with Gasteiger partial charge < -0.3 is 0 Å². The molecular weight excluding hydrogens is 438 g/mol.